The third-order valence-electron chi connectivity index (χ3n) is 2.92. The van der Waals surface area contributed by atoms with Crippen molar-refractivity contribution >= 4 is 5.91 Å². The first-order valence-corrected chi connectivity index (χ1v) is 6.20. The van der Waals surface area contributed by atoms with Crippen LogP contribution in [0.5, 0.6) is 0 Å². The first-order valence-electron chi connectivity index (χ1n) is 6.20. The standard InChI is InChI=1S/C13H15F3N2O/c14-10-5-8(6-11(15)12(10)16)7-17-3-4-18-13(19)9-1-2-9/h5-6,9,17H,1-4,7H2,(H,18,19). The summed E-state index contributed by atoms with van der Waals surface area (Å²) in [6, 6.07) is 1.91. The molecular formula is C13H15F3N2O. The van der Waals surface area contributed by atoms with E-state index < -0.39 is 17.5 Å². The van der Waals surface area contributed by atoms with Gasteiger partial charge in [-0.1, -0.05) is 0 Å². The average Bonchev–Trinajstić information content (AvgIpc) is 3.19. The molecule has 104 valence electrons. The summed E-state index contributed by atoms with van der Waals surface area (Å²) in [7, 11) is 0. The molecule has 3 nitrogen and oxygen atoms in total. The highest BCUT2D eigenvalue weighted by molar-refractivity contribution is 5.80. The third-order valence-corrected chi connectivity index (χ3v) is 2.92. The molecule has 0 radical (unpaired) electrons. The predicted octanol–water partition coefficient (Wildman–Crippen LogP) is 1.72. The Morgan fingerprint density at radius 2 is 1.79 bits per heavy atom. The molecular weight excluding hydrogens is 257 g/mol. The van der Waals surface area contributed by atoms with E-state index in [1.54, 1.807) is 0 Å². The number of rotatable bonds is 6. The van der Waals surface area contributed by atoms with Crippen molar-refractivity contribution in [3.8, 4) is 0 Å². The molecule has 0 unspecified atom stereocenters. The molecule has 19 heavy (non-hydrogen) atoms. The van der Waals surface area contributed by atoms with Crippen molar-refractivity contribution in [2.75, 3.05) is 13.1 Å². The van der Waals surface area contributed by atoms with Gasteiger partial charge in [0.05, 0.1) is 0 Å². The maximum absolute atomic E-state index is 12.9. The van der Waals surface area contributed by atoms with Gasteiger partial charge in [0.15, 0.2) is 17.5 Å². The minimum absolute atomic E-state index is 0.0562. The summed E-state index contributed by atoms with van der Waals surface area (Å²) in [5, 5.41) is 5.67. The second-order valence-electron chi connectivity index (χ2n) is 4.62. The van der Waals surface area contributed by atoms with Crippen LogP contribution in [0.1, 0.15) is 18.4 Å². The van der Waals surface area contributed by atoms with E-state index in [4.69, 9.17) is 0 Å². The quantitative estimate of drug-likeness (QED) is 0.611. The number of amides is 1. The van der Waals surface area contributed by atoms with Crippen molar-refractivity contribution in [1.82, 2.24) is 10.6 Å². The molecule has 1 aromatic carbocycles. The van der Waals surface area contributed by atoms with Crippen molar-refractivity contribution in [3.63, 3.8) is 0 Å². The molecule has 1 aliphatic rings. The summed E-state index contributed by atoms with van der Waals surface area (Å²) >= 11 is 0. The van der Waals surface area contributed by atoms with Crippen LogP contribution in [0.15, 0.2) is 12.1 Å². The number of halogens is 3. The van der Waals surface area contributed by atoms with E-state index in [-0.39, 0.29) is 18.4 Å². The summed E-state index contributed by atoms with van der Waals surface area (Å²) in [4.78, 5) is 11.3. The van der Waals surface area contributed by atoms with Crippen LogP contribution in [0.2, 0.25) is 0 Å². The van der Waals surface area contributed by atoms with Gasteiger partial charge in [0.1, 0.15) is 0 Å². The first kappa shape index (κ1) is 13.9. The van der Waals surface area contributed by atoms with Crippen molar-refractivity contribution in [1.29, 1.82) is 0 Å². The maximum Gasteiger partial charge on any atom is 0.223 e. The number of benzene rings is 1. The smallest absolute Gasteiger partial charge is 0.223 e. The molecule has 0 atom stereocenters. The zero-order valence-electron chi connectivity index (χ0n) is 10.3. The second-order valence-corrected chi connectivity index (χ2v) is 4.62. The lowest BCUT2D eigenvalue weighted by Crippen LogP contribution is -2.32. The highest BCUT2D eigenvalue weighted by Gasteiger charge is 2.28. The SMILES string of the molecule is O=C(NCCNCc1cc(F)c(F)c(F)c1)C1CC1. The Bertz CT molecular complexity index is 452. The lowest BCUT2D eigenvalue weighted by Gasteiger charge is -2.07. The molecule has 1 amide bonds. The Morgan fingerprint density at radius 1 is 1.16 bits per heavy atom. The highest BCUT2D eigenvalue weighted by atomic mass is 19.2. The van der Waals surface area contributed by atoms with Gasteiger partial charge in [-0.25, -0.2) is 13.2 Å². The van der Waals surface area contributed by atoms with Crippen LogP contribution >= 0.6 is 0 Å². The molecule has 2 rings (SSSR count). The normalized spacial score (nSPS) is 14.5. The Morgan fingerprint density at radius 3 is 2.37 bits per heavy atom. The van der Waals surface area contributed by atoms with Gasteiger partial charge in [-0.05, 0) is 30.5 Å². The van der Waals surface area contributed by atoms with Crippen molar-refractivity contribution in [3.05, 3.63) is 35.1 Å². The van der Waals surface area contributed by atoms with Crippen molar-refractivity contribution in [2.24, 2.45) is 5.92 Å². The van der Waals surface area contributed by atoms with Gasteiger partial charge in [-0.3, -0.25) is 4.79 Å². The van der Waals surface area contributed by atoms with E-state index in [0.29, 0.717) is 18.7 Å². The Kier molecular flexibility index (Phi) is 4.42. The molecule has 1 aliphatic carbocycles. The molecule has 1 aromatic rings. The van der Waals surface area contributed by atoms with E-state index >= 15 is 0 Å². The van der Waals surface area contributed by atoms with Crippen molar-refractivity contribution in [2.45, 2.75) is 19.4 Å². The summed E-state index contributed by atoms with van der Waals surface area (Å²) in [5.74, 6) is -3.63. The fourth-order valence-electron chi connectivity index (χ4n) is 1.71. The van der Waals surface area contributed by atoms with Crippen molar-refractivity contribution < 1.29 is 18.0 Å². The van der Waals surface area contributed by atoms with E-state index in [1.165, 1.54) is 0 Å². The molecule has 1 fully saturated rings. The number of carbonyl (C=O) groups is 1. The number of hydrogen-bond donors (Lipinski definition) is 2. The lowest BCUT2D eigenvalue weighted by atomic mass is 10.2. The fourth-order valence-corrected chi connectivity index (χ4v) is 1.71. The molecule has 0 bridgehead atoms. The summed E-state index contributed by atoms with van der Waals surface area (Å²) in [5.41, 5.74) is 0.324. The molecule has 0 aromatic heterocycles. The minimum atomic E-state index is -1.46. The van der Waals surface area contributed by atoms with E-state index in [9.17, 15) is 18.0 Å². The second kappa shape index (κ2) is 6.06. The monoisotopic (exact) mass is 272 g/mol. The van der Waals surface area contributed by atoms with Gasteiger partial charge in [0, 0.05) is 25.6 Å². The predicted molar refractivity (Wildman–Crippen MR) is 63.8 cm³/mol. The van der Waals surface area contributed by atoms with Crippen LogP contribution in [0, 0.1) is 23.4 Å². The van der Waals surface area contributed by atoms with Crippen LogP contribution in [-0.4, -0.2) is 19.0 Å². The molecule has 2 N–H and O–H groups in total. The highest BCUT2D eigenvalue weighted by Crippen LogP contribution is 2.28. The topological polar surface area (TPSA) is 41.1 Å². The number of carbonyl (C=O) groups excluding carboxylic acids is 1. The molecule has 0 spiro atoms. The van der Waals surface area contributed by atoms with Gasteiger partial charge in [0.25, 0.3) is 0 Å². The largest absolute Gasteiger partial charge is 0.355 e. The Hall–Kier alpha value is -1.56. The van der Waals surface area contributed by atoms with Crippen LogP contribution in [0.3, 0.4) is 0 Å². The zero-order chi connectivity index (χ0) is 13.8. The molecule has 1 saturated carbocycles. The van der Waals surface area contributed by atoms with Gasteiger partial charge in [-0.2, -0.15) is 0 Å². The van der Waals surface area contributed by atoms with Crippen LogP contribution in [0.25, 0.3) is 0 Å². The molecule has 0 saturated heterocycles. The molecule has 0 heterocycles. The van der Waals surface area contributed by atoms with E-state index in [2.05, 4.69) is 10.6 Å². The maximum atomic E-state index is 12.9. The Labute approximate surface area is 109 Å². The third kappa shape index (κ3) is 3.96. The summed E-state index contributed by atoms with van der Waals surface area (Å²) in [6.07, 6.45) is 1.90. The van der Waals surface area contributed by atoms with Crippen LogP contribution in [0.4, 0.5) is 13.2 Å². The van der Waals surface area contributed by atoms with Gasteiger partial charge in [0.2, 0.25) is 5.91 Å². The number of hydrogen-bond acceptors (Lipinski definition) is 2. The summed E-state index contributed by atoms with van der Waals surface area (Å²) in [6.45, 7) is 1.16. The fraction of sp³-hybridized carbons (Fsp3) is 0.462. The Balaban J connectivity index is 1.69. The first-order chi connectivity index (χ1) is 9.08. The van der Waals surface area contributed by atoms with Gasteiger partial charge < -0.3 is 10.6 Å². The van der Waals surface area contributed by atoms with E-state index in [1.807, 2.05) is 0 Å². The van der Waals surface area contributed by atoms with Gasteiger partial charge in [-0.15, -0.1) is 0 Å². The lowest BCUT2D eigenvalue weighted by molar-refractivity contribution is -0.122. The zero-order valence-corrected chi connectivity index (χ0v) is 10.3. The molecule has 0 aliphatic heterocycles. The summed E-state index contributed by atoms with van der Waals surface area (Å²) < 4.78 is 38.5. The van der Waals surface area contributed by atoms with Crippen LogP contribution < -0.4 is 10.6 Å². The average molecular weight is 272 g/mol. The molecule has 6 heteroatoms. The van der Waals surface area contributed by atoms with Crippen LogP contribution in [-0.2, 0) is 11.3 Å². The van der Waals surface area contributed by atoms with Gasteiger partial charge >= 0.3 is 0 Å². The number of nitrogens with one attached hydrogen (secondary N) is 2. The van der Waals surface area contributed by atoms with E-state index in [0.717, 1.165) is 25.0 Å². The minimum Gasteiger partial charge on any atom is -0.355 e.